The van der Waals surface area contributed by atoms with Crippen LogP contribution in [0.25, 0.3) is 0 Å². The van der Waals surface area contributed by atoms with Crippen LogP contribution in [0.15, 0.2) is 24.3 Å². The van der Waals surface area contributed by atoms with E-state index < -0.39 is 0 Å². The highest BCUT2D eigenvalue weighted by Crippen LogP contribution is 2.34. The van der Waals surface area contributed by atoms with Crippen molar-refractivity contribution in [1.82, 2.24) is 10.2 Å². The van der Waals surface area contributed by atoms with Gasteiger partial charge < -0.3 is 19.5 Å². The number of amides is 1. The highest BCUT2D eigenvalue weighted by Gasteiger charge is 2.38. The fourth-order valence-electron chi connectivity index (χ4n) is 4.05. The minimum Gasteiger partial charge on any atom is -0.493 e. The summed E-state index contributed by atoms with van der Waals surface area (Å²) in [4.78, 5) is 14.9. The minimum absolute atomic E-state index is 0.000432. The average molecular weight is 362 g/mol. The number of benzene rings is 1. The standard InChI is InChI=1S/C20H30N2O4/c1-24-17-7-3-4-8-18(17)26-15-19(23)21-16-20(9-5-2-6-10-20)22-11-13-25-14-12-22/h3-4,7-8H,2,5-6,9-16H2,1H3,(H,21,23). The fourth-order valence-corrected chi connectivity index (χ4v) is 4.05. The number of carbonyl (C=O) groups excluding carboxylic acids is 1. The number of nitrogens with zero attached hydrogens (tertiary/aromatic N) is 1. The minimum atomic E-state index is -0.0888. The van der Waals surface area contributed by atoms with Gasteiger partial charge in [0.2, 0.25) is 0 Å². The Balaban J connectivity index is 1.54. The number of morpholine rings is 1. The predicted molar refractivity (Wildman–Crippen MR) is 99.7 cm³/mol. The summed E-state index contributed by atoms with van der Waals surface area (Å²) >= 11 is 0. The molecule has 0 unspecified atom stereocenters. The van der Waals surface area contributed by atoms with Crippen LogP contribution in [0.3, 0.4) is 0 Å². The lowest BCUT2D eigenvalue weighted by Crippen LogP contribution is -2.60. The average Bonchev–Trinajstić information content (AvgIpc) is 2.72. The van der Waals surface area contributed by atoms with Crippen molar-refractivity contribution in [3.63, 3.8) is 0 Å². The van der Waals surface area contributed by atoms with Crippen molar-refractivity contribution in [2.24, 2.45) is 0 Å². The molecule has 1 heterocycles. The molecule has 0 bridgehead atoms. The molecular formula is C20H30N2O4. The molecule has 0 radical (unpaired) electrons. The molecule has 1 amide bonds. The third kappa shape index (κ3) is 4.68. The Hall–Kier alpha value is -1.79. The number of hydrogen-bond donors (Lipinski definition) is 1. The Morgan fingerprint density at radius 2 is 1.85 bits per heavy atom. The van der Waals surface area contributed by atoms with Gasteiger partial charge in [0.15, 0.2) is 18.1 Å². The van der Waals surface area contributed by atoms with Crippen LogP contribution in [-0.2, 0) is 9.53 Å². The predicted octanol–water partition coefficient (Wildman–Crippen LogP) is 2.23. The maximum atomic E-state index is 12.4. The van der Waals surface area contributed by atoms with Gasteiger partial charge in [-0.05, 0) is 25.0 Å². The Morgan fingerprint density at radius 3 is 2.54 bits per heavy atom. The number of methoxy groups -OCH3 is 1. The lowest BCUT2D eigenvalue weighted by atomic mass is 9.79. The van der Waals surface area contributed by atoms with Gasteiger partial charge in [-0.1, -0.05) is 31.4 Å². The highest BCUT2D eigenvalue weighted by atomic mass is 16.5. The van der Waals surface area contributed by atoms with E-state index in [1.807, 2.05) is 24.3 Å². The van der Waals surface area contributed by atoms with Gasteiger partial charge in [0, 0.05) is 25.2 Å². The molecule has 1 aromatic carbocycles. The van der Waals surface area contributed by atoms with Gasteiger partial charge in [-0.15, -0.1) is 0 Å². The van der Waals surface area contributed by atoms with E-state index in [0.717, 1.165) is 39.1 Å². The van der Waals surface area contributed by atoms with Crippen molar-refractivity contribution in [2.45, 2.75) is 37.6 Å². The van der Waals surface area contributed by atoms with Crippen molar-refractivity contribution in [2.75, 3.05) is 46.6 Å². The summed E-state index contributed by atoms with van der Waals surface area (Å²) in [5.74, 6) is 1.14. The monoisotopic (exact) mass is 362 g/mol. The summed E-state index contributed by atoms with van der Waals surface area (Å²) in [6.07, 6.45) is 6.02. The molecule has 2 aliphatic rings. The maximum absolute atomic E-state index is 12.4. The van der Waals surface area contributed by atoms with Crippen LogP contribution in [0.5, 0.6) is 11.5 Å². The topological polar surface area (TPSA) is 60.0 Å². The van der Waals surface area contributed by atoms with E-state index in [9.17, 15) is 4.79 Å². The zero-order valence-electron chi connectivity index (χ0n) is 15.7. The molecule has 6 heteroatoms. The van der Waals surface area contributed by atoms with E-state index >= 15 is 0 Å². The molecule has 2 fully saturated rings. The van der Waals surface area contributed by atoms with Crippen LogP contribution in [0.2, 0.25) is 0 Å². The van der Waals surface area contributed by atoms with Gasteiger partial charge in [0.05, 0.1) is 20.3 Å². The molecular weight excluding hydrogens is 332 g/mol. The third-order valence-corrected chi connectivity index (χ3v) is 5.51. The molecule has 1 aromatic rings. The number of para-hydroxylation sites is 2. The van der Waals surface area contributed by atoms with Crippen LogP contribution in [0.4, 0.5) is 0 Å². The molecule has 1 saturated carbocycles. The van der Waals surface area contributed by atoms with Crippen LogP contribution >= 0.6 is 0 Å². The maximum Gasteiger partial charge on any atom is 0.258 e. The highest BCUT2D eigenvalue weighted by molar-refractivity contribution is 5.77. The molecule has 6 nitrogen and oxygen atoms in total. The zero-order chi connectivity index (χ0) is 18.2. The van der Waals surface area contributed by atoms with E-state index in [0.29, 0.717) is 18.0 Å². The normalized spacial score (nSPS) is 20.3. The molecule has 0 spiro atoms. The van der Waals surface area contributed by atoms with Crippen molar-refractivity contribution < 1.29 is 19.0 Å². The first-order valence-corrected chi connectivity index (χ1v) is 9.59. The summed E-state index contributed by atoms with van der Waals surface area (Å²) in [6, 6.07) is 7.37. The number of hydrogen-bond acceptors (Lipinski definition) is 5. The van der Waals surface area contributed by atoms with E-state index in [1.54, 1.807) is 7.11 Å². The summed E-state index contributed by atoms with van der Waals surface area (Å²) in [5.41, 5.74) is 0.0716. The molecule has 0 aromatic heterocycles. The SMILES string of the molecule is COc1ccccc1OCC(=O)NCC1(N2CCOCC2)CCCCC1. The van der Waals surface area contributed by atoms with E-state index in [1.165, 1.54) is 19.3 Å². The van der Waals surface area contributed by atoms with Gasteiger partial charge in [0.1, 0.15) is 0 Å². The molecule has 1 aliphatic carbocycles. The molecule has 1 saturated heterocycles. The van der Waals surface area contributed by atoms with Crippen LogP contribution in [0.1, 0.15) is 32.1 Å². The first-order chi connectivity index (χ1) is 12.7. The second kappa shape index (κ2) is 9.24. The van der Waals surface area contributed by atoms with Crippen molar-refractivity contribution in [3.05, 3.63) is 24.3 Å². The van der Waals surface area contributed by atoms with Crippen molar-refractivity contribution in [3.8, 4) is 11.5 Å². The second-order valence-electron chi connectivity index (χ2n) is 7.10. The van der Waals surface area contributed by atoms with Gasteiger partial charge in [-0.2, -0.15) is 0 Å². The van der Waals surface area contributed by atoms with Gasteiger partial charge in [0.25, 0.3) is 5.91 Å². The van der Waals surface area contributed by atoms with Gasteiger partial charge >= 0.3 is 0 Å². The number of ether oxygens (including phenoxy) is 3. The summed E-state index contributed by atoms with van der Waals surface area (Å²) < 4.78 is 16.4. The number of carbonyl (C=O) groups is 1. The van der Waals surface area contributed by atoms with E-state index in [-0.39, 0.29) is 18.1 Å². The lowest BCUT2D eigenvalue weighted by Gasteiger charge is -2.48. The molecule has 3 rings (SSSR count). The smallest absolute Gasteiger partial charge is 0.258 e. The Bertz CT molecular complexity index is 581. The largest absolute Gasteiger partial charge is 0.493 e. The first kappa shape index (κ1) is 19.0. The molecule has 1 N–H and O–H groups in total. The van der Waals surface area contributed by atoms with Gasteiger partial charge in [-0.3, -0.25) is 9.69 Å². The summed E-state index contributed by atoms with van der Waals surface area (Å²) in [7, 11) is 1.59. The number of nitrogens with one attached hydrogen (secondary N) is 1. The van der Waals surface area contributed by atoms with E-state index in [2.05, 4.69) is 10.2 Å². The van der Waals surface area contributed by atoms with Crippen LogP contribution in [0, 0.1) is 0 Å². The quantitative estimate of drug-likeness (QED) is 0.806. The summed E-state index contributed by atoms with van der Waals surface area (Å²) in [6.45, 7) is 4.15. The Kier molecular flexibility index (Phi) is 6.74. The van der Waals surface area contributed by atoms with Crippen molar-refractivity contribution in [1.29, 1.82) is 0 Å². The second-order valence-corrected chi connectivity index (χ2v) is 7.10. The number of rotatable bonds is 7. The van der Waals surface area contributed by atoms with E-state index in [4.69, 9.17) is 14.2 Å². The fraction of sp³-hybridized carbons (Fsp3) is 0.650. The zero-order valence-corrected chi connectivity index (χ0v) is 15.7. The molecule has 1 aliphatic heterocycles. The molecule has 26 heavy (non-hydrogen) atoms. The molecule has 0 atom stereocenters. The third-order valence-electron chi connectivity index (χ3n) is 5.51. The molecule has 144 valence electrons. The summed E-state index contributed by atoms with van der Waals surface area (Å²) in [5, 5.41) is 3.11. The van der Waals surface area contributed by atoms with Gasteiger partial charge in [-0.25, -0.2) is 0 Å². The Labute approximate surface area is 155 Å². The Morgan fingerprint density at radius 1 is 1.15 bits per heavy atom. The van der Waals surface area contributed by atoms with Crippen LogP contribution < -0.4 is 14.8 Å². The lowest BCUT2D eigenvalue weighted by molar-refractivity contribution is -0.124. The van der Waals surface area contributed by atoms with Crippen LogP contribution in [-0.4, -0.2) is 62.9 Å². The van der Waals surface area contributed by atoms with Crippen molar-refractivity contribution >= 4 is 5.91 Å². The first-order valence-electron chi connectivity index (χ1n) is 9.59.